The molecule has 2 aromatic rings. The van der Waals surface area contributed by atoms with Gasteiger partial charge in [0, 0.05) is 29.9 Å². The molecule has 0 aliphatic heterocycles. The molecule has 5 heteroatoms. The number of ether oxygens (including phenoxy) is 1. The number of aryl methyl sites for hydroxylation is 2. The van der Waals surface area contributed by atoms with E-state index in [1.54, 1.807) is 7.11 Å². The van der Waals surface area contributed by atoms with Crippen LogP contribution in [0.1, 0.15) is 17.0 Å². The number of hydrogen-bond acceptors (Lipinski definition) is 3. The van der Waals surface area contributed by atoms with E-state index < -0.39 is 0 Å². The Balaban J connectivity index is 2.21. The number of benzene rings is 1. The summed E-state index contributed by atoms with van der Waals surface area (Å²) in [5.74, 6) is 0.781. The lowest BCUT2D eigenvalue weighted by molar-refractivity contribution is 0.416. The number of halogens is 1. The molecule has 102 valence electrons. The maximum Gasteiger partial charge on any atom is 0.142 e. The molecular weight excluding hydrogens is 262 g/mol. The molecule has 0 aliphatic rings. The molecule has 1 aromatic carbocycles. The summed E-state index contributed by atoms with van der Waals surface area (Å²) in [4.78, 5) is 0. The van der Waals surface area contributed by atoms with Crippen molar-refractivity contribution in [2.75, 3.05) is 12.4 Å². The molecule has 0 spiro atoms. The first-order valence-corrected chi connectivity index (χ1v) is 6.47. The van der Waals surface area contributed by atoms with Crippen molar-refractivity contribution in [3.8, 4) is 5.75 Å². The summed E-state index contributed by atoms with van der Waals surface area (Å²) in [6, 6.07) is 5.53. The van der Waals surface area contributed by atoms with Crippen LogP contribution in [0.15, 0.2) is 18.2 Å². The van der Waals surface area contributed by atoms with Crippen molar-refractivity contribution in [3.63, 3.8) is 0 Å². The third-order valence-electron chi connectivity index (χ3n) is 3.28. The van der Waals surface area contributed by atoms with Gasteiger partial charge in [-0.2, -0.15) is 5.10 Å². The van der Waals surface area contributed by atoms with E-state index >= 15 is 0 Å². The summed E-state index contributed by atoms with van der Waals surface area (Å²) < 4.78 is 7.20. The summed E-state index contributed by atoms with van der Waals surface area (Å²) in [7, 11) is 3.60. The minimum Gasteiger partial charge on any atom is -0.495 e. The summed E-state index contributed by atoms with van der Waals surface area (Å²) in [6.45, 7) is 4.77. The van der Waals surface area contributed by atoms with Gasteiger partial charge in [0.15, 0.2) is 0 Å². The van der Waals surface area contributed by atoms with Gasteiger partial charge in [-0.05, 0) is 32.0 Å². The van der Waals surface area contributed by atoms with Crippen molar-refractivity contribution in [2.24, 2.45) is 7.05 Å². The predicted molar refractivity (Wildman–Crippen MR) is 78.0 cm³/mol. The number of rotatable bonds is 4. The molecule has 0 atom stereocenters. The summed E-state index contributed by atoms with van der Waals surface area (Å²) in [5, 5.41) is 8.44. The highest BCUT2D eigenvalue weighted by Gasteiger charge is 2.10. The Bertz CT molecular complexity index is 593. The van der Waals surface area contributed by atoms with Crippen LogP contribution in [0.3, 0.4) is 0 Å². The number of aromatic nitrogens is 2. The minimum absolute atomic E-state index is 0.683. The van der Waals surface area contributed by atoms with Gasteiger partial charge < -0.3 is 10.1 Å². The molecule has 1 heterocycles. The molecular formula is C14H18ClN3O. The van der Waals surface area contributed by atoms with Crippen LogP contribution in [0.4, 0.5) is 5.69 Å². The summed E-state index contributed by atoms with van der Waals surface area (Å²) in [6.07, 6.45) is 0. The smallest absolute Gasteiger partial charge is 0.142 e. The van der Waals surface area contributed by atoms with Gasteiger partial charge in [-0.15, -0.1) is 0 Å². The normalized spacial score (nSPS) is 10.6. The topological polar surface area (TPSA) is 39.1 Å². The zero-order chi connectivity index (χ0) is 14.0. The van der Waals surface area contributed by atoms with Gasteiger partial charge in [0.2, 0.25) is 0 Å². The van der Waals surface area contributed by atoms with Crippen LogP contribution < -0.4 is 10.1 Å². The molecule has 1 N–H and O–H groups in total. The van der Waals surface area contributed by atoms with Gasteiger partial charge >= 0.3 is 0 Å². The Morgan fingerprint density at radius 3 is 2.68 bits per heavy atom. The fraction of sp³-hybridized carbons (Fsp3) is 0.357. The Hall–Kier alpha value is -1.68. The Labute approximate surface area is 118 Å². The highest BCUT2D eigenvalue weighted by molar-refractivity contribution is 6.30. The number of anilines is 1. The van der Waals surface area contributed by atoms with Crippen LogP contribution in [0.25, 0.3) is 0 Å². The van der Waals surface area contributed by atoms with E-state index in [1.807, 2.05) is 36.9 Å². The molecule has 19 heavy (non-hydrogen) atoms. The average Bonchev–Trinajstić information content (AvgIpc) is 2.61. The maximum absolute atomic E-state index is 6.01. The number of nitrogens with zero attached hydrogens (tertiary/aromatic N) is 2. The summed E-state index contributed by atoms with van der Waals surface area (Å²) >= 11 is 6.01. The van der Waals surface area contributed by atoms with Crippen LogP contribution >= 0.6 is 11.6 Å². The van der Waals surface area contributed by atoms with Gasteiger partial charge in [0.25, 0.3) is 0 Å². The zero-order valence-corrected chi connectivity index (χ0v) is 12.4. The highest BCUT2D eigenvalue weighted by Crippen LogP contribution is 2.28. The molecule has 0 amide bonds. The first kappa shape index (κ1) is 13.7. The second kappa shape index (κ2) is 5.53. The lowest BCUT2D eigenvalue weighted by atomic mass is 10.2. The molecule has 0 saturated carbocycles. The third-order valence-corrected chi connectivity index (χ3v) is 3.51. The molecule has 0 radical (unpaired) electrons. The fourth-order valence-electron chi connectivity index (χ4n) is 2.08. The largest absolute Gasteiger partial charge is 0.495 e. The molecule has 0 fully saturated rings. The summed E-state index contributed by atoms with van der Waals surface area (Å²) in [5.41, 5.74) is 4.28. The lowest BCUT2D eigenvalue weighted by Gasteiger charge is -2.11. The molecule has 2 rings (SSSR count). The van der Waals surface area contributed by atoms with Gasteiger partial charge in [0.1, 0.15) is 5.75 Å². The Morgan fingerprint density at radius 1 is 1.37 bits per heavy atom. The predicted octanol–water partition coefficient (Wildman–Crippen LogP) is 3.31. The molecule has 1 aromatic heterocycles. The Kier molecular flexibility index (Phi) is 4.00. The van der Waals surface area contributed by atoms with E-state index in [4.69, 9.17) is 16.3 Å². The first-order chi connectivity index (χ1) is 9.02. The van der Waals surface area contributed by atoms with Gasteiger partial charge in [0.05, 0.1) is 18.5 Å². The van der Waals surface area contributed by atoms with E-state index in [9.17, 15) is 0 Å². The standard InChI is InChI=1S/C14H18ClN3O/c1-9-12(10(2)18(3)17-9)8-16-13-7-11(15)5-6-14(13)19-4/h5-7,16H,8H2,1-4H3. The zero-order valence-electron chi connectivity index (χ0n) is 11.6. The van der Waals surface area contributed by atoms with Crippen LogP contribution in [0, 0.1) is 13.8 Å². The second-order valence-electron chi connectivity index (χ2n) is 4.47. The van der Waals surface area contributed by atoms with E-state index in [0.717, 1.165) is 22.8 Å². The van der Waals surface area contributed by atoms with Crippen LogP contribution in [0.2, 0.25) is 5.02 Å². The highest BCUT2D eigenvalue weighted by atomic mass is 35.5. The second-order valence-corrected chi connectivity index (χ2v) is 4.91. The van der Waals surface area contributed by atoms with Crippen molar-refractivity contribution >= 4 is 17.3 Å². The number of hydrogen-bond donors (Lipinski definition) is 1. The number of methoxy groups -OCH3 is 1. The molecule has 0 bridgehead atoms. The molecule has 0 aliphatic carbocycles. The van der Waals surface area contributed by atoms with Crippen LogP contribution in [0.5, 0.6) is 5.75 Å². The Morgan fingerprint density at radius 2 is 2.11 bits per heavy atom. The van der Waals surface area contributed by atoms with Gasteiger partial charge in [-0.1, -0.05) is 11.6 Å². The van der Waals surface area contributed by atoms with Crippen LogP contribution in [-0.2, 0) is 13.6 Å². The van der Waals surface area contributed by atoms with E-state index in [-0.39, 0.29) is 0 Å². The van der Waals surface area contributed by atoms with E-state index in [0.29, 0.717) is 11.6 Å². The monoisotopic (exact) mass is 279 g/mol. The van der Waals surface area contributed by atoms with E-state index in [2.05, 4.69) is 17.3 Å². The SMILES string of the molecule is COc1ccc(Cl)cc1NCc1c(C)nn(C)c1C. The quantitative estimate of drug-likeness (QED) is 0.933. The van der Waals surface area contributed by atoms with Crippen molar-refractivity contribution in [2.45, 2.75) is 20.4 Å². The van der Waals surface area contributed by atoms with Gasteiger partial charge in [-0.3, -0.25) is 4.68 Å². The average molecular weight is 280 g/mol. The van der Waals surface area contributed by atoms with Crippen molar-refractivity contribution < 1.29 is 4.74 Å². The molecule has 0 saturated heterocycles. The fourth-order valence-corrected chi connectivity index (χ4v) is 2.25. The van der Waals surface area contributed by atoms with Crippen LogP contribution in [-0.4, -0.2) is 16.9 Å². The van der Waals surface area contributed by atoms with Gasteiger partial charge in [-0.25, -0.2) is 0 Å². The first-order valence-electron chi connectivity index (χ1n) is 6.09. The van der Waals surface area contributed by atoms with Crippen molar-refractivity contribution in [1.29, 1.82) is 0 Å². The van der Waals surface area contributed by atoms with E-state index in [1.165, 1.54) is 5.56 Å². The van der Waals surface area contributed by atoms with Crippen molar-refractivity contribution in [1.82, 2.24) is 9.78 Å². The lowest BCUT2D eigenvalue weighted by Crippen LogP contribution is -2.03. The molecule has 4 nitrogen and oxygen atoms in total. The minimum atomic E-state index is 0.683. The number of nitrogens with one attached hydrogen (secondary N) is 1. The maximum atomic E-state index is 6.01. The third kappa shape index (κ3) is 2.84. The van der Waals surface area contributed by atoms with Crippen molar-refractivity contribution in [3.05, 3.63) is 40.2 Å². The molecule has 0 unspecified atom stereocenters.